The number of amides is 1. The van der Waals surface area contributed by atoms with Gasteiger partial charge in [0.05, 0.1) is 29.2 Å². The number of pyridine rings is 1. The average Bonchev–Trinajstić information content (AvgIpc) is 3.20. The Morgan fingerprint density at radius 3 is 2.74 bits per heavy atom. The second-order valence-electron chi connectivity index (χ2n) is 9.41. The maximum Gasteiger partial charge on any atom is 0.257 e. The van der Waals surface area contributed by atoms with Gasteiger partial charge in [-0.05, 0) is 68.2 Å². The summed E-state index contributed by atoms with van der Waals surface area (Å²) in [6, 6.07) is 12.5. The fourth-order valence-electron chi connectivity index (χ4n) is 5.42. The average molecular weight is 465 g/mol. The highest BCUT2D eigenvalue weighted by molar-refractivity contribution is 5.95. The first-order chi connectivity index (χ1) is 17.2. The highest BCUT2D eigenvalue weighted by Crippen LogP contribution is 2.33. The summed E-state index contributed by atoms with van der Waals surface area (Å²) in [5.41, 5.74) is 7.05. The number of likely N-dealkylation sites (tertiary alicyclic amines) is 1. The Balaban J connectivity index is 1.35. The number of aryl methyl sites for hydroxylation is 2. The molecule has 1 aliphatic carbocycles. The summed E-state index contributed by atoms with van der Waals surface area (Å²) in [6.45, 7) is 2.65. The number of fused-ring (bicyclic) bond motifs is 3. The normalized spacial score (nSPS) is 17.4. The maximum absolute atomic E-state index is 13.7. The lowest BCUT2D eigenvalue weighted by molar-refractivity contribution is 0.0610. The lowest BCUT2D eigenvalue weighted by Gasteiger charge is -2.35. The van der Waals surface area contributed by atoms with Crippen molar-refractivity contribution in [1.82, 2.24) is 29.6 Å². The molecular weight excluding hydrogens is 436 g/mol. The van der Waals surface area contributed by atoms with E-state index in [4.69, 9.17) is 4.98 Å². The first-order valence-electron chi connectivity index (χ1n) is 12.4. The minimum Gasteiger partial charge on any atom is -0.331 e. The van der Waals surface area contributed by atoms with Crippen LogP contribution in [0.25, 0.3) is 17.2 Å². The third-order valence-corrected chi connectivity index (χ3v) is 7.28. The van der Waals surface area contributed by atoms with Crippen LogP contribution in [-0.2, 0) is 12.8 Å². The second kappa shape index (κ2) is 9.06. The zero-order chi connectivity index (χ0) is 23.8. The Hall–Kier alpha value is -3.87. The number of carbonyl (C=O) groups excluding carboxylic acids is 1. The van der Waals surface area contributed by atoms with Crippen LogP contribution in [0.3, 0.4) is 0 Å². The van der Waals surface area contributed by atoms with Gasteiger partial charge < -0.3 is 4.90 Å². The SMILES string of the molecule is Cc1c(C(=O)N2CCCCC2c2cccnc2)cnn1-c1ncc2c(n1)-c1ccccc1CCC2. The molecule has 7 heteroatoms. The van der Waals surface area contributed by atoms with Gasteiger partial charge in [-0.25, -0.2) is 14.6 Å². The van der Waals surface area contributed by atoms with Gasteiger partial charge in [0.15, 0.2) is 0 Å². The number of carbonyl (C=O) groups is 1. The van der Waals surface area contributed by atoms with Crippen molar-refractivity contribution in [2.24, 2.45) is 0 Å². The van der Waals surface area contributed by atoms with Crippen molar-refractivity contribution < 1.29 is 4.79 Å². The summed E-state index contributed by atoms with van der Waals surface area (Å²) in [5, 5.41) is 4.56. The van der Waals surface area contributed by atoms with E-state index < -0.39 is 0 Å². The number of hydrogen-bond acceptors (Lipinski definition) is 5. The van der Waals surface area contributed by atoms with Crippen molar-refractivity contribution >= 4 is 5.91 Å². The van der Waals surface area contributed by atoms with Crippen LogP contribution in [0.15, 0.2) is 61.2 Å². The van der Waals surface area contributed by atoms with E-state index in [-0.39, 0.29) is 11.9 Å². The number of aromatic nitrogens is 5. The molecule has 1 atom stereocenters. The van der Waals surface area contributed by atoms with Crippen LogP contribution >= 0.6 is 0 Å². The monoisotopic (exact) mass is 464 g/mol. The first-order valence-corrected chi connectivity index (χ1v) is 12.4. The Labute approximate surface area is 204 Å². The lowest BCUT2D eigenvalue weighted by Crippen LogP contribution is -2.38. The van der Waals surface area contributed by atoms with Crippen LogP contribution in [-0.4, -0.2) is 42.1 Å². The summed E-state index contributed by atoms with van der Waals surface area (Å²) < 4.78 is 1.70. The molecular formula is C28H28N6O. The minimum atomic E-state index is 0.00223. The van der Waals surface area contributed by atoms with Crippen molar-refractivity contribution in [2.75, 3.05) is 6.54 Å². The molecule has 3 aromatic heterocycles. The Bertz CT molecular complexity index is 1380. The number of hydrogen-bond donors (Lipinski definition) is 0. The van der Waals surface area contributed by atoms with E-state index in [1.807, 2.05) is 30.3 Å². The minimum absolute atomic E-state index is 0.00223. The van der Waals surface area contributed by atoms with Gasteiger partial charge in [0, 0.05) is 30.7 Å². The van der Waals surface area contributed by atoms with Gasteiger partial charge in [-0.2, -0.15) is 5.10 Å². The van der Waals surface area contributed by atoms with E-state index in [9.17, 15) is 4.79 Å². The van der Waals surface area contributed by atoms with Crippen molar-refractivity contribution in [3.63, 3.8) is 0 Å². The predicted molar refractivity (Wildman–Crippen MR) is 133 cm³/mol. The molecule has 1 amide bonds. The molecule has 0 N–H and O–H groups in total. The number of piperidine rings is 1. The molecule has 1 saturated heterocycles. The third kappa shape index (κ3) is 3.91. The number of benzene rings is 1. The summed E-state index contributed by atoms with van der Waals surface area (Å²) in [5.74, 6) is 0.502. The molecule has 1 fully saturated rings. The van der Waals surface area contributed by atoms with Gasteiger partial charge >= 0.3 is 0 Å². The predicted octanol–water partition coefficient (Wildman–Crippen LogP) is 4.89. The summed E-state index contributed by atoms with van der Waals surface area (Å²) in [4.78, 5) is 29.5. The topological polar surface area (TPSA) is 76.8 Å². The van der Waals surface area contributed by atoms with Crippen molar-refractivity contribution in [3.8, 4) is 17.2 Å². The highest BCUT2D eigenvalue weighted by atomic mass is 16.2. The second-order valence-corrected chi connectivity index (χ2v) is 9.41. The Morgan fingerprint density at radius 1 is 0.971 bits per heavy atom. The lowest BCUT2D eigenvalue weighted by atomic mass is 9.95. The fourth-order valence-corrected chi connectivity index (χ4v) is 5.42. The van der Waals surface area contributed by atoms with Crippen LogP contribution in [0, 0.1) is 6.92 Å². The molecule has 1 aromatic carbocycles. The molecule has 6 rings (SSSR count). The van der Waals surface area contributed by atoms with Gasteiger partial charge in [0.1, 0.15) is 0 Å². The molecule has 0 radical (unpaired) electrons. The van der Waals surface area contributed by atoms with Crippen molar-refractivity contribution in [3.05, 3.63) is 89.1 Å². The van der Waals surface area contributed by atoms with Crippen LogP contribution in [0.2, 0.25) is 0 Å². The molecule has 1 aliphatic heterocycles. The molecule has 176 valence electrons. The van der Waals surface area contributed by atoms with E-state index in [2.05, 4.69) is 45.4 Å². The van der Waals surface area contributed by atoms with Gasteiger partial charge in [0.2, 0.25) is 0 Å². The summed E-state index contributed by atoms with van der Waals surface area (Å²) >= 11 is 0. The highest BCUT2D eigenvalue weighted by Gasteiger charge is 2.31. The quantitative estimate of drug-likeness (QED) is 0.432. The van der Waals surface area contributed by atoms with Crippen LogP contribution in [0.1, 0.15) is 64.5 Å². The number of rotatable bonds is 3. The van der Waals surface area contributed by atoms with Crippen LogP contribution in [0.4, 0.5) is 0 Å². The van der Waals surface area contributed by atoms with Crippen molar-refractivity contribution in [2.45, 2.75) is 51.5 Å². The van der Waals surface area contributed by atoms with E-state index in [0.29, 0.717) is 11.5 Å². The van der Waals surface area contributed by atoms with Crippen LogP contribution < -0.4 is 0 Å². The zero-order valence-electron chi connectivity index (χ0n) is 19.9. The molecule has 0 bridgehead atoms. The van der Waals surface area contributed by atoms with E-state index >= 15 is 0 Å². The molecule has 0 saturated carbocycles. The third-order valence-electron chi connectivity index (χ3n) is 7.28. The van der Waals surface area contributed by atoms with E-state index in [1.165, 1.54) is 5.56 Å². The standard InChI is InChI=1S/C28H28N6O/c1-19-24(27(35)33-15-5-4-13-25(33)21-11-7-14-29-16-21)18-31-34(19)28-30-17-22-10-6-9-20-8-2-3-12-23(20)26(22)32-28/h2-3,7-8,11-12,14,16-18,25H,4-6,9-10,13,15H2,1H3. The Morgan fingerprint density at radius 2 is 1.86 bits per heavy atom. The molecule has 7 nitrogen and oxygen atoms in total. The largest absolute Gasteiger partial charge is 0.331 e. The molecule has 4 heterocycles. The van der Waals surface area contributed by atoms with Crippen LogP contribution in [0.5, 0.6) is 0 Å². The van der Waals surface area contributed by atoms with Gasteiger partial charge in [-0.3, -0.25) is 9.78 Å². The number of nitrogens with zero attached hydrogens (tertiary/aromatic N) is 6. The molecule has 1 unspecified atom stereocenters. The summed E-state index contributed by atoms with van der Waals surface area (Å²) in [7, 11) is 0. The zero-order valence-corrected chi connectivity index (χ0v) is 19.9. The van der Waals surface area contributed by atoms with Gasteiger partial charge in [-0.1, -0.05) is 30.3 Å². The van der Waals surface area contributed by atoms with E-state index in [1.54, 1.807) is 17.1 Å². The van der Waals surface area contributed by atoms with E-state index in [0.717, 1.165) is 73.1 Å². The van der Waals surface area contributed by atoms with Gasteiger partial charge in [0.25, 0.3) is 11.9 Å². The fraction of sp³-hybridized carbons (Fsp3) is 0.321. The molecule has 0 spiro atoms. The van der Waals surface area contributed by atoms with Gasteiger partial charge in [-0.15, -0.1) is 0 Å². The summed E-state index contributed by atoms with van der Waals surface area (Å²) in [6.07, 6.45) is 13.3. The maximum atomic E-state index is 13.7. The smallest absolute Gasteiger partial charge is 0.257 e. The molecule has 35 heavy (non-hydrogen) atoms. The first kappa shape index (κ1) is 21.6. The molecule has 2 aliphatic rings. The van der Waals surface area contributed by atoms with Crippen molar-refractivity contribution in [1.29, 1.82) is 0 Å². The molecule has 4 aromatic rings. The Kier molecular flexibility index (Phi) is 5.60.